The Morgan fingerprint density at radius 1 is 1.42 bits per heavy atom. The number of hydrogen-bond donors (Lipinski definition) is 2. The second-order valence-electron chi connectivity index (χ2n) is 6.06. The van der Waals surface area contributed by atoms with Gasteiger partial charge in [0.2, 0.25) is 0 Å². The molecule has 0 aliphatic rings. The molecule has 8 heteroatoms. The number of carbonyl (C=O) groups excluding carboxylic acids is 1. The highest BCUT2D eigenvalue weighted by atomic mass is 32.1. The molecule has 0 aliphatic heterocycles. The van der Waals surface area contributed by atoms with E-state index in [1.165, 1.54) is 11.3 Å². The first kappa shape index (κ1) is 19.7. The fraction of sp³-hybridized carbons (Fsp3) is 0.389. The average molecular weight is 377 g/mol. The largest absolute Gasteiger partial charge is 0.493 e. The molecule has 1 aromatic heterocycles. The maximum Gasteiger partial charge on any atom is 0.350 e. The predicted octanol–water partition coefficient (Wildman–Crippen LogP) is 3.42. The van der Waals surface area contributed by atoms with Crippen molar-refractivity contribution >= 4 is 23.1 Å². The molecule has 0 atom stereocenters. The van der Waals surface area contributed by atoms with Gasteiger partial charge < -0.3 is 20.4 Å². The van der Waals surface area contributed by atoms with Gasteiger partial charge in [-0.25, -0.2) is 9.78 Å². The van der Waals surface area contributed by atoms with Gasteiger partial charge in [-0.15, -0.1) is 11.3 Å². The van der Waals surface area contributed by atoms with Gasteiger partial charge >= 0.3 is 5.97 Å². The standard InChI is InChI=1S/C18H23N3O4S/c1-5-24-18(22)15-11(4)20-17(26-15)12-6-7-14(25-9-10(2)3)13(8-12)16(19)21-23/h6-8,10,23H,5,9H2,1-4H3,(H2,19,21). The first-order valence-corrected chi connectivity index (χ1v) is 9.08. The number of esters is 1. The summed E-state index contributed by atoms with van der Waals surface area (Å²) in [4.78, 5) is 16.9. The monoisotopic (exact) mass is 377 g/mol. The Balaban J connectivity index is 2.41. The summed E-state index contributed by atoms with van der Waals surface area (Å²) < 4.78 is 10.8. The van der Waals surface area contributed by atoms with Crippen molar-refractivity contribution in [3.05, 3.63) is 34.3 Å². The van der Waals surface area contributed by atoms with Gasteiger partial charge in [-0.3, -0.25) is 0 Å². The molecule has 2 rings (SSSR count). The van der Waals surface area contributed by atoms with Crippen LogP contribution in [-0.4, -0.2) is 35.2 Å². The quantitative estimate of drug-likeness (QED) is 0.252. The lowest BCUT2D eigenvalue weighted by Crippen LogP contribution is -2.16. The Hall–Kier alpha value is -2.61. The van der Waals surface area contributed by atoms with E-state index in [0.29, 0.717) is 46.0 Å². The number of amidine groups is 1. The molecule has 0 bridgehead atoms. The van der Waals surface area contributed by atoms with E-state index in [4.69, 9.17) is 20.4 Å². The van der Waals surface area contributed by atoms with Crippen LogP contribution in [0.4, 0.5) is 0 Å². The molecule has 0 aliphatic carbocycles. The molecule has 0 fully saturated rings. The number of aryl methyl sites for hydroxylation is 1. The number of nitrogens with two attached hydrogens (primary N) is 1. The molecule has 26 heavy (non-hydrogen) atoms. The molecule has 3 N–H and O–H groups in total. The zero-order valence-corrected chi connectivity index (χ0v) is 16.1. The third kappa shape index (κ3) is 4.51. The van der Waals surface area contributed by atoms with Crippen molar-refractivity contribution in [2.45, 2.75) is 27.7 Å². The van der Waals surface area contributed by atoms with Gasteiger partial charge in [-0.1, -0.05) is 19.0 Å². The summed E-state index contributed by atoms with van der Waals surface area (Å²) in [6, 6.07) is 5.32. The highest BCUT2D eigenvalue weighted by Crippen LogP contribution is 2.32. The fourth-order valence-electron chi connectivity index (χ4n) is 2.21. The van der Waals surface area contributed by atoms with Crippen LogP contribution in [0.1, 0.15) is 41.7 Å². The minimum Gasteiger partial charge on any atom is -0.493 e. The SMILES string of the molecule is CCOC(=O)c1sc(-c2ccc(OCC(C)C)c(C(N)=NO)c2)nc1C. The van der Waals surface area contributed by atoms with Crippen molar-refractivity contribution in [3.63, 3.8) is 0 Å². The Kier molecular flexibility index (Phi) is 6.57. The zero-order valence-electron chi connectivity index (χ0n) is 15.3. The highest BCUT2D eigenvalue weighted by molar-refractivity contribution is 7.17. The van der Waals surface area contributed by atoms with E-state index in [0.717, 1.165) is 5.56 Å². The molecular formula is C18H23N3O4S. The van der Waals surface area contributed by atoms with Crippen molar-refractivity contribution in [3.8, 4) is 16.3 Å². The fourth-order valence-corrected chi connectivity index (χ4v) is 3.16. The van der Waals surface area contributed by atoms with Crippen LogP contribution in [0.15, 0.2) is 23.4 Å². The summed E-state index contributed by atoms with van der Waals surface area (Å²) in [5.41, 5.74) is 7.62. The van der Waals surface area contributed by atoms with Crippen LogP contribution in [0.25, 0.3) is 10.6 Å². The molecule has 0 radical (unpaired) electrons. The zero-order chi connectivity index (χ0) is 19.3. The second kappa shape index (κ2) is 8.66. The Morgan fingerprint density at radius 2 is 2.15 bits per heavy atom. The number of ether oxygens (including phenoxy) is 2. The van der Waals surface area contributed by atoms with Gasteiger partial charge in [0.1, 0.15) is 15.6 Å². The first-order valence-electron chi connectivity index (χ1n) is 8.27. The molecule has 7 nitrogen and oxygen atoms in total. The molecule has 1 aromatic carbocycles. The predicted molar refractivity (Wildman–Crippen MR) is 101 cm³/mol. The van der Waals surface area contributed by atoms with Crippen molar-refractivity contribution in [1.29, 1.82) is 0 Å². The van der Waals surface area contributed by atoms with E-state index in [9.17, 15) is 4.79 Å². The number of hydrogen-bond acceptors (Lipinski definition) is 7. The lowest BCUT2D eigenvalue weighted by molar-refractivity contribution is 0.0531. The molecule has 0 saturated heterocycles. The molecule has 2 aromatic rings. The molecule has 0 spiro atoms. The van der Waals surface area contributed by atoms with Crippen LogP contribution in [0.2, 0.25) is 0 Å². The number of thiazole rings is 1. The van der Waals surface area contributed by atoms with Gasteiger partial charge in [0.15, 0.2) is 5.84 Å². The van der Waals surface area contributed by atoms with Crippen molar-refractivity contribution in [2.75, 3.05) is 13.2 Å². The number of aromatic nitrogens is 1. The topological polar surface area (TPSA) is 107 Å². The molecule has 0 saturated carbocycles. The lowest BCUT2D eigenvalue weighted by Gasteiger charge is -2.13. The molecule has 0 unspecified atom stereocenters. The summed E-state index contributed by atoms with van der Waals surface area (Å²) in [6.45, 7) is 8.40. The van der Waals surface area contributed by atoms with Crippen LogP contribution in [0, 0.1) is 12.8 Å². The van der Waals surface area contributed by atoms with Crippen LogP contribution >= 0.6 is 11.3 Å². The number of carbonyl (C=O) groups is 1. The molecular weight excluding hydrogens is 354 g/mol. The van der Waals surface area contributed by atoms with E-state index < -0.39 is 0 Å². The van der Waals surface area contributed by atoms with E-state index in [1.807, 2.05) is 19.9 Å². The maximum atomic E-state index is 12.0. The Morgan fingerprint density at radius 3 is 2.77 bits per heavy atom. The average Bonchev–Trinajstić information content (AvgIpc) is 3.01. The molecule has 0 amide bonds. The van der Waals surface area contributed by atoms with Crippen molar-refractivity contribution < 1.29 is 19.5 Å². The maximum absolute atomic E-state index is 12.0. The van der Waals surface area contributed by atoms with E-state index >= 15 is 0 Å². The summed E-state index contributed by atoms with van der Waals surface area (Å²) >= 11 is 1.24. The van der Waals surface area contributed by atoms with Crippen LogP contribution < -0.4 is 10.5 Å². The summed E-state index contributed by atoms with van der Waals surface area (Å²) in [6.07, 6.45) is 0. The van der Waals surface area contributed by atoms with Crippen LogP contribution in [-0.2, 0) is 4.74 Å². The van der Waals surface area contributed by atoms with E-state index in [1.54, 1.807) is 26.0 Å². The second-order valence-corrected chi connectivity index (χ2v) is 7.05. The van der Waals surface area contributed by atoms with Gasteiger partial charge in [-0.2, -0.15) is 0 Å². The summed E-state index contributed by atoms with van der Waals surface area (Å²) in [7, 11) is 0. The number of benzene rings is 1. The highest BCUT2D eigenvalue weighted by Gasteiger charge is 2.19. The summed E-state index contributed by atoms with van der Waals surface area (Å²) in [5.74, 6) is 0.423. The third-order valence-electron chi connectivity index (χ3n) is 3.44. The normalized spacial score (nSPS) is 11.7. The number of oxime groups is 1. The smallest absolute Gasteiger partial charge is 0.350 e. The third-order valence-corrected chi connectivity index (χ3v) is 4.63. The van der Waals surface area contributed by atoms with Gasteiger partial charge in [0.05, 0.1) is 24.5 Å². The van der Waals surface area contributed by atoms with Gasteiger partial charge in [0, 0.05) is 5.56 Å². The Bertz CT molecular complexity index is 815. The van der Waals surface area contributed by atoms with Crippen LogP contribution in [0.3, 0.4) is 0 Å². The molecule has 140 valence electrons. The molecule has 1 heterocycles. The lowest BCUT2D eigenvalue weighted by atomic mass is 10.1. The first-order chi connectivity index (χ1) is 12.4. The van der Waals surface area contributed by atoms with Gasteiger partial charge in [0.25, 0.3) is 0 Å². The van der Waals surface area contributed by atoms with E-state index in [2.05, 4.69) is 10.1 Å². The van der Waals surface area contributed by atoms with Crippen molar-refractivity contribution in [2.24, 2.45) is 16.8 Å². The number of nitrogens with zero attached hydrogens (tertiary/aromatic N) is 2. The van der Waals surface area contributed by atoms with Gasteiger partial charge in [-0.05, 0) is 38.0 Å². The summed E-state index contributed by atoms with van der Waals surface area (Å²) in [5, 5.41) is 12.8. The number of rotatable bonds is 7. The van der Waals surface area contributed by atoms with Crippen LogP contribution in [0.5, 0.6) is 5.75 Å². The minimum atomic E-state index is -0.387. The van der Waals surface area contributed by atoms with Crippen molar-refractivity contribution in [1.82, 2.24) is 4.98 Å². The minimum absolute atomic E-state index is 0.0514. The van der Waals surface area contributed by atoms with E-state index in [-0.39, 0.29) is 11.8 Å². The Labute approximate surface area is 156 Å².